The van der Waals surface area contributed by atoms with Crippen LogP contribution < -0.4 is 0 Å². The van der Waals surface area contributed by atoms with Gasteiger partial charge >= 0.3 is 0 Å². The van der Waals surface area contributed by atoms with Crippen LogP contribution in [0, 0.1) is 17.1 Å². The van der Waals surface area contributed by atoms with Crippen molar-refractivity contribution in [3.8, 4) is 6.07 Å². The summed E-state index contributed by atoms with van der Waals surface area (Å²) in [6, 6.07) is 8.31. The highest BCUT2D eigenvalue weighted by molar-refractivity contribution is 7.98. The van der Waals surface area contributed by atoms with Gasteiger partial charge in [0.15, 0.2) is 5.82 Å². The predicted octanol–water partition coefficient (Wildman–Crippen LogP) is 2.32. The summed E-state index contributed by atoms with van der Waals surface area (Å²) in [5.74, 6) is 0.790. The Morgan fingerprint density at radius 3 is 3.00 bits per heavy atom. The van der Waals surface area contributed by atoms with Crippen LogP contribution in [0.4, 0.5) is 4.39 Å². The van der Waals surface area contributed by atoms with Gasteiger partial charge in [-0.3, -0.25) is 0 Å². The van der Waals surface area contributed by atoms with Gasteiger partial charge in [0.2, 0.25) is 5.89 Å². The Bertz CT molecular complexity index is 612. The van der Waals surface area contributed by atoms with Crippen molar-refractivity contribution in [2.45, 2.75) is 29.6 Å². The van der Waals surface area contributed by atoms with Gasteiger partial charge in [-0.15, -0.1) is 11.8 Å². The summed E-state index contributed by atoms with van der Waals surface area (Å²) in [7, 11) is 0. The second kappa shape index (κ2) is 7.03. The molecule has 1 unspecified atom stereocenters. The van der Waals surface area contributed by atoms with Crippen LogP contribution in [-0.2, 0) is 12.2 Å². The number of nitrogens with zero attached hydrogens (tertiary/aromatic N) is 3. The van der Waals surface area contributed by atoms with Crippen LogP contribution in [0.2, 0.25) is 0 Å². The summed E-state index contributed by atoms with van der Waals surface area (Å²) in [4.78, 5) is 4.60. The van der Waals surface area contributed by atoms with Crippen LogP contribution in [0.15, 0.2) is 33.7 Å². The Hall–Kier alpha value is -1.91. The fourth-order valence-corrected chi connectivity index (χ4v) is 2.30. The molecule has 0 bridgehead atoms. The lowest BCUT2D eigenvalue weighted by atomic mass is 10.2. The topological polar surface area (TPSA) is 82.9 Å². The molecule has 1 aromatic carbocycles. The zero-order valence-corrected chi connectivity index (χ0v) is 11.3. The van der Waals surface area contributed by atoms with Gasteiger partial charge in [0.25, 0.3) is 0 Å². The standard InChI is InChI=1S/C13H12FN3O2S/c14-10-3-1-2-4-11(10)20-8-12-16-13(19-17-12)7-9(18)5-6-15/h1-4,9,18H,5,7-8H2. The molecule has 0 radical (unpaired) electrons. The van der Waals surface area contributed by atoms with Gasteiger partial charge in [-0.2, -0.15) is 10.2 Å². The number of hydrogen-bond donors (Lipinski definition) is 1. The third-order valence-corrected chi connectivity index (χ3v) is 3.49. The monoisotopic (exact) mass is 293 g/mol. The minimum atomic E-state index is -0.812. The fourth-order valence-electron chi connectivity index (χ4n) is 1.51. The van der Waals surface area contributed by atoms with Crippen molar-refractivity contribution in [3.05, 3.63) is 41.8 Å². The van der Waals surface area contributed by atoms with Gasteiger partial charge in [-0.05, 0) is 12.1 Å². The Labute approximate surface area is 119 Å². The largest absolute Gasteiger partial charge is 0.392 e. The normalized spacial score (nSPS) is 12.1. The SMILES string of the molecule is N#CCC(O)Cc1nc(CSc2ccccc2F)no1. The average Bonchev–Trinajstić information content (AvgIpc) is 2.85. The quantitative estimate of drug-likeness (QED) is 0.823. The van der Waals surface area contributed by atoms with Crippen LogP contribution in [0.25, 0.3) is 0 Å². The van der Waals surface area contributed by atoms with E-state index in [4.69, 9.17) is 9.78 Å². The molecule has 1 N–H and O–H groups in total. The first kappa shape index (κ1) is 14.5. The van der Waals surface area contributed by atoms with E-state index in [9.17, 15) is 9.50 Å². The molecule has 0 amide bonds. The first-order chi connectivity index (χ1) is 9.69. The number of hydrogen-bond acceptors (Lipinski definition) is 6. The number of nitriles is 1. The molecule has 7 heteroatoms. The van der Waals surface area contributed by atoms with E-state index in [1.54, 1.807) is 18.2 Å². The average molecular weight is 293 g/mol. The van der Waals surface area contributed by atoms with Crippen molar-refractivity contribution in [2.24, 2.45) is 0 Å². The second-order valence-corrected chi connectivity index (χ2v) is 5.06. The zero-order chi connectivity index (χ0) is 14.4. The van der Waals surface area contributed by atoms with E-state index in [2.05, 4.69) is 10.1 Å². The minimum Gasteiger partial charge on any atom is -0.392 e. The molecule has 0 aliphatic rings. The van der Waals surface area contributed by atoms with E-state index in [0.717, 1.165) is 0 Å². The summed E-state index contributed by atoms with van der Waals surface area (Å²) in [6.45, 7) is 0. The Morgan fingerprint density at radius 2 is 2.25 bits per heavy atom. The number of aliphatic hydroxyl groups excluding tert-OH is 1. The molecule has 0 fully saturated rings. The van der Waals surface area contributed by atoms with E-state index < -0.39 is 6.10 Å². The molecule has 2 aromatic rings. The molecule has 1 atom stereocenters. The molecule has 20 heavy (non-hydrogen) atoms. The molecule has 0 spiro atoms. The molecular formula is C13H12FN3O2S. The molecule has 1 aromatic heterocycles. The second-order valence-electron chi connectivity index (χ2n) is 4.04. The number of rotatable bonds is 6. The molecule has 5 nitrogen and oxygen atoms in total. The van der Waals surface area contributed by atoms with Crippen LogP contribution >= 0.6 is 11.8 Å². The van der Waals surface area contributed by atoms with Gasteiger partial charge in [0.1, 0.15) is 5.82 Å². The molecule has 0 aliphatic carbocycles. The highest BCUT2D eigenvalue weighted by atomic mass is 32.2. The maximum absolute atomic E-state index is 13.4. The van der Waals surface area contributed by atoms with Crippen molar-refractivity contribution in [2.75, 3.05) is 0 Å². The van der Waals surface area contributed by atoms with E-state index in [-0.39, 0.29) is 24.5 Å². The van der Waals surface area contributed by atoms with Crippen molar-refractivity contribution < 1.29 is 14.0 Å². The summed E-state index contributed by atoms with van der Waals surface area (Å²) in [6.07, 6.45) is -0.653. The zero-order valence-electron chi connectivity index (χ0n) is 10.5. The maximum Gasteiger partial charge on any atom is 0.229 e. The number of thioether (sulfide) groups is 1. The van der Waals surface area contributed by atoms with Crippen LogP contribution in [-0.4, -0.2) is 21.4 Å². The molecule has 1 heterocycles. The molecule has 0 aliphatic heterocycles. The Balaban J connectivity index is 1.90. The third-order valence-electron chi connectivity index (χ3n) is 2.44. The first-order valence-corrected chi connectivity index (χ1v) is 6.91. The number of aliphatic hydroxyl groups is 1. The lowest BCUT2D eigenvalue weighted by molar-refractivity contribution is 0.167. The van der Waals surface area contributed by atoms with Gasteiger partial charge in [0, 0.05) is 4.90 Å². The molecule has 0 saturated heterocycles. The van der Waals surface area contributed by atoms with Crippen molar-refractivity contribution in [1.82, 2.24) is 10.1 Å². The van der Waals surface area contributed by atoms with Crippen molar-refractivity contribution in [3.63, 3.8) is 0 Å². The van der Waals surface area contributed by atoms with E-state index >= 15 is 0 Å². The Morgan fingerprint density at radius 1 is 1.45 bits per heavy atom. The number of aromatic nitrogens is 2. The van der Waals surface area contributed by atoms with Gasteiger partial charge in [-0.25, -0.2) is 4.39 Å². The maximum atomic E-state index is 13.4. The predicted molar refractivity (Wildman–Crippen MR) is 70.2 cm³/mol. The lowest BCUT2D eigenvalue weighted by Crippen LogP contribution is -2.09. The first-order valence-electron chi connectivity index (χ1n) is 5.93. The van der Waals surface area contributed by atoms with Crippen LogP contribution in [0.5, 0.6) is 0 Å². The third kappa shape index (κ3) is 4.05. The number of benzene rings is 1. The highest BCUT2D eigenvalue weighted by Crippen LogP contribution is 2.24. The smallest absolute Gasteiger partial charge is 0.229 e. The highest BCUT2D eigenvalue weighted by Gasteiger charge is 2.12. The van der Waals surface area contributed by atoms with Crippen LogP contribution in [0.1, 0.15) is 18.1 Å². The van der Waals surface area contributed by atoms with E-state index in [0.29, 0.717) is 16.5 Å². The number of halogens is 1. The van der Waals surface area contributed by atoms with E-state index in [1.165, 1.54) is 17.8 Å². The van der Waals surface area contributed by atoms with Gasteiger partial charge < -0.3 is 9.63 Å². The summed E-state index contributed by atoms with van der Waals surface area (Å²) in [5.41, 5.74) is 0. The fraction of sp³-hybridized carbons (Fsp3) is 0.308. The molecule has 104 valence electrons. The molecular weight excluding hydrogens is 281 g/mol. The Kier molecular flexibility index (Phi) is 5.09. The molecule has 2 rings (SSSR count). The summed E-state index contributed by atoms with van der Waals surface area (Å²) < 4.78 is 18.4. The molecule has 0 saturated carbocycles. The summed E-state index contributed by atoms with van der Waals surface area (Å²) >= 11 is 1.27. The van der Waals surface area contributed by atoms with E-state index in [1.807, 2.05) is 6.07 Å². The minimum absolute atomic E-state index is 0.0156. The van der Waals surface area contributed by atoms with Crippen molar-refractivity contribution >= 4 is 11.8 Å². The summed E-state index contributed by atoms with van der Waals surface area (Å²) in [5, 5.41) is 21.6. The van der Waals surface area contributed by atoms with Crippen LogP contribution in [0.3, 0.4) is 0 Å². The van der Waals surface area contributed by atoms with Crippen molar-refractivity contribution in [1.29, 1.82) is 5.26 Å². The van der Waals surface area contributed by atoms with Gasteiger partial charge in [-0.1, -0.05) is 17.3 Å². The lowest BCUT2D eigenvalue weighted by Gasteiger charge is -2.00. The van der Waals surface area contributed by atoms with Gasteiger partial charge in [0.05, 0.1) is 30.8 Å².